The van der Waals surface area contributed by atoms with Crippen LogP contribution in [0.25, 0.3) is 0 Å². The monoisotopic (exact) mass is 350 g/mol. The summed E-state index contributed by atoms with van der Waals surface area (Å²) in [6.45, 7) is 3.60. The van der Waals surface area contributed by atoms with Crippen LogP contribution in [0.1, 0.15) is 30.0 Å². The van der Waals surface area contributed by atoms with Crippen LogP contribution in [0.4, 0.5) is 5.69 Å². The second-order valence-electron chi connectivity index (χ2n) is 7.12. The summed E-state index contributed by atoms with van der Waals surface area (Å²) in [6, 6.07) is 19.3. The number of rotatable bonds is 6. The van der Waals surface area contributed by atoms with E-state index in [-0.39, 0.29) is 5.91 Å². The highest BCUT2D eigenvalue weighted by atomic mass is 16.2. The van der Waals surface area contributed by atoms with Gasteiger partial charge in [-0.05, 0) is 29.7 Å². The van der Waals surface area contributed by atoms with E-state index in [4.69, 9.17) is 0 Å². The van der Waals surface area contributed by atoms with Gasteiger partial charge in [0, 0.05) is 44.2 Å². The first-order chi connectivity index (χ1) is 12.8. The molecular formula is C21H26N4O. The second-order valence-corrected chi connectivity index (χ2v) is 7.12. The summed E-state index contributed by atoms with van der Waals surface area (Å²) < 4.78 is 0. The molecule has 5 heteroatoms. The molecule has 0 spiro atoms. The zero-order valence-corrected chi connectivity index (χ0v) is 14.9. The maximum atomic E-state index is 11.8. The van der Waals surface area contributed by atoms with Crippen LogP contribution in [0.5, 0.6) is 0 Å². The SMILES string of the molecule is O=C1CCCN1c1ccc(CNCC2CNNC2c2ccccc2)cc1. The smallest absolute Gasteiger partial charge is 0.227 e. The van der Waals surface area contributed by atoms with Crippen LogP contribution in [0.2, 0.25) is 0 Å². The summed E-state index contributed by atoms with van der Waals surface area (Å²) in [5.74, 6) is 0.753. The molecule has 2 atom stereocenters. The van der Waals surface area contributed by atoms with Crippen molar-refractivity contribution in [1.82, 2.24) is 16.2 Å². The zero-order valence-electron chi connectivity index (χ0n) is 14.9. The highest BCUT2D eigenvalue weighted by Crippen LogP contribution is 2.24. The highest BCUT2D eigenvalue weighted by molar-refractivity contribution is 5.95. The van der Waals surface area contributed by atoms with Crippen molar-refractivity contribution >= 4 is 11.6 Å². The van der Waals surface area contributed by atoms with E-state index < -0.39 is 0 Å². The van der Waals surface area contributed by atoms with E-state index >= 15 is 0 Å². The lowest BCUT2D eigenvalue weighted by Crippen LogP contribution is -2.28. The van der Waals surface area contributed by atoms with Crippen molar-refractivity contribution in [3.63, 3.8) is 0 Å². The van der Waals surface area contributed by atoms with Gasteiger partial charge in [0.1, 0.15) is 0 Å². The lowest BCUT2D eigenvalue weighted by molar-refractivity contribution is -0.117. The van der Waals surface area contributed by atoms with E-state index in [9.17, 15) is 4.79 Å². The summed E-state index contributed by atoms with van der Waals surface area (Å²) in [6.07, 6.45) is 1.64. The molecular weight excluding hydrogens is 324 g/mol. The minimum atomic E-state index is 0.240. The zero-order chi connectivity index (χ0) is 17.8. The van der Waals surface area contributed by atoms with Gasteiger partial charge in [-0.1, -0.05) is 42.5 Å². The van der Waals surface area contributed by atoms with Gasteiger partial charge in [0.2, 0.25) is 5.91 Å². The third-order valence-corrected chi connectivity index (χ3v) is 5.31. The molecule has 2 unspecified atom stereocenters. The molecule has 2 saturated heterocycles. The van der Waals surface area contributed by atoms with Crippen LogP contribution in [0.3, 0.4) is 0 Å². The first-order valence-corrected chi connectivity index (χ1v) is 9.44. The number of nitrogens with zero attached hydrogens (tertiary/aromatic N) is 1. The molecule has 0 radical (unpaired) electrons. The van der Waals surface area contributed by atoms with Crippen LogP contribution in [-0.4, -0.2) is 25.5 Å². The van der Waals surface area contributed by atoms with Gasteiger partial charge < -0.3 is 10.2 Å². The molecule has 3 N–H and O–H groups in total. The summed E-state index contributed by atoms with van der Waals surface area (Å²) in [5.41, 5.74) is 10.3. The predicted molar refractivity (Wildman–Crippen MR) is 104 cm³/mol. The van der Waals surface area contributed by atoms with Crippen LogP contribution in [-0.2, 0) is 11.3 Å². The molecule has 136 valence electrons. The number of carbonyl (C=O) groups is 1. The number of benzene rings is 2. The van der Waals surface area contributed by atoms with Crippen molar-refractivity contribution in [2.24, 2.45) is 5.92 Å². The summed E-state index contributed by atoms with van der Waals surface area (Å²) in [5, 5.41) is 3.58. The number of amides is 1. The normalized spacial score (nSPS) is 22.9. The van der Waals surface area contributed by atoms with Gasteiger partial charge in [-0.25, -0.2) is 5.43 Å². The van der Waals surface area contributed by atoms with Crippen molar-refractivity contribution < 1.29 is 4.79 Å². The quantitative estimate of drug-likeness (QED) is 0.749. The molecule has 0 aliphatic carbocycles. The fourth-order valence-corrected chi connectivity index (χ4v) is 3.86. The molecule has 2 aromatic carbocycles. The van der Waals surface area contributed by atoms with Crippen molar-refractivity contribution in [3.8, 4) is 0 Å². The third kappa shape index (κ3) is 3.80. The minimum Gasteiger partial charge on any atom is -0.312 e. The predicted octanol–water partition coefficient (Wildman–Crippen LogP) is 2.37. The van der Waals surface area contributed by atoms with Crippen molar-refractivity contribution in [1.29, 1.82) is 0 Å². The average molecular weight is 350 g/mol. The van der Waals surface area contributed by atoms with Gasteiger partial charge in [0.05, 0.1) is 6.04 Å². The Kier molecular flexibility index (Phi) is 5.29. The van der Waals surface area contributed by atoms with Crippen molar-refractivity contribution in [3.05, 3.63) is 65.7 Å². The lowest BCUT2D eigenvalue weighted by Gasteiger charge is -2.19. The third-order valence-electron chi connectivity index (χ3n) is 5.31. The fraction of sp³-hybridized carbons (Fsp3) is 0.381. The summed E-state index contributed by atoms with van der Waals surface area (Å²) in [4.78, 5) is 13.7. The molecule has 26 heavy (non-hydrogen) atoms. The van der Waals surface area contributed by atoms with Crippen LogP contribution < -0.4 is 21.1 Å². The van der Waals surface area contributed by atoms with Crippen LogP contribution in [0, 0.1) is 5.92 Å². The van der Waals surface area contributed by atoms with Crippen LogP contribution in [0.15, 0.2) is 54.6 Å². The van der Waals surface area contributed by atoms with Gasteiger partial charge in [-0.15, -0.1) is 0 Å². The van der Waals surface area contributed by atoms with E-state index in [2.05, 4.69) is 70.8 Å². The number of hydrogen-bond donors (Lipinski definition) is 3. The summed E-state index contributed by atoms with van der Waals surface area (Å²) >= 11 is 0. The molecule has 2 aromatic rings. The van der Waals surface area contributed by atoms with E-state index in [1.165, 1.54) is 11.1 Å². The Bertz CT molecular complexity index is 731. The highest BCUT2D eigenvalue weighted by Gasteiger charge is 2.27. The van der Waals surface area contributed by atoms with Gasteiger partial charge in [-0.3, -0.25) is 10.2 Å². The molecule has 2 aliphatic heterocycles. The van der Waals surface area contributed by atoms with Crippen molar-refractivity contribution in [2.75, 3.05) is 24.5 Å². The van der Waals surface area contributed by atoms with Gasteiger partial charge in [-0.2, -0.15) is 0 Å². The molecule has 0 bridgehead atoms. The topological polar surface area (TPSA) is 56.4 Å². The Morgan fingerprint density at radius 1 is 1.08 bits per heavy atom. The largest absolute Gasteiger partial charge is 0.312 e. The number of hydrogen-bond acceptors (Lipinski definition) is 4. The molecule has 5 nitrogen and oxygen atoms in total. The molecule has 2 fully saturated rings. The Labute approximate surface area is 154 Å². The van der Waals surface area contributed by atoms with Gasteiger partial charge in [0.25, 0.3) is 0 Å². The summed E-state index contributed by atoms with van der Waals surface area (Å²) in [7, 11) is 0. The van der Waals surface area contributed by atoms with Gasteiger partial charge >= 0.3 is 0 Å². The molecule has 4 rings (SSSR count). The minimum absolute atomic E-state index is 0.240. The fourth-order valence-electron chi connectivity index (χ4n) is 3.86. The average Bonchev–Trinajstić information content (AvgIpc) is 3.32. The molecule has 0 saturated carbocycles. The maximum Gasteiger partial charge on any atom is 0.227 e. The second kappa shape index (κ2) is 7.99. The van der Waals surface area contributed by atoms with E-state index in [1.54, 1.807) is 0 Å². The molecule has 1 amide bonds. The van der Waals surface area contributed by atoms with E-state index in [0.29, 0.717) is 18.4 Å². The Hall–Kier alpha value is -2.21. The maximum absolute atomic E-state index is 11.8. The van der Waals surface area contributed by atoms with Crippen LogP contribution >= 0.6 is 0 Å². The van der Waals surface area contributed by atoms with E-state index in [1.807, 2.05) is 4.90 Å². The first-order valence-electron chi connectivity index (χ1n) is 9.44. The standard InChI is InChI=1S/C21H26N4O/c26-20-7-4-12-25(20)19-10-8-16(9-11-19)13-22-14-18-15-23-24-21(18)17-5-2-1-3-6-17/h1-3,5-6,8-11,18,21-24H,4,7,12-15H2. The van der Waals surface area contributed by atoms with Gasteiger partial charge in [0.15, 0.2) is 0 Å². The number of nitrogens with one attached hydrogen (secondary N) is 3. The Balaban J connectivity index is 1.30. The number of carbonyl (C=O) groups excluding carboxylic acids is 1. The first kappa shape index (κ1) is 17.2. The van der Waals surface area contributed by atoms with Crippen molar-refractivity contribution in [2.45, 2.75) is 25.4 Å². The molecule has 2 heterocycles. The number of anilines is 1. The van der Waals surface area contributed by atoms with E-state index in [0.717, 1.165) is 38.3 Å². The molecule has 0 aromatic heterocycles. The lowest BCUT2D eigenvalue weighted by atomic mass is 9.95. The Morgan fingerprint density at radius 2 is 1.88 bits per heavy atom. The number of hydrazine groups is 1. The Morgan fingerprint density at radius 3 is 2.62 bits per heavy atom. The molecule has 2 aliphatic rings.